The number of para-hydroxylation sites is 2. The molecule has 2 nitrogen and oxygen atoms in total. The lowest BCUT2D eigenvalue weighted by molar-refractivity contribution is 1.18. The lowest BCUT2D eigenvalue weighted by Crippen LogP contribution is -2.09. The van der Waals surface area contributed by atoms with Gasteiger partial charge in [0.15, 0.2) is 0 Å². The predicted octanol–water partition coefficient (Wildman–Crippen LogP) is 13.3. The van der Waals surface area contributed by atoms with Gasteiger partial charge in [-0.1, -0.05) is 127 Å². The minimum Gasteiger partial charge on any atom is -0.311 e. The lowest BCUT2D eigenvalue weighted by atomic mass is 10.0. The maximum atomic E-state index is 2.40. The number of nitrogens with zero attached hydrogens (tertiary/aromatic N) is 2. The molecule has 0 saturated carbocycles. The molecule has 0 spiro atoms. The van der Waals surface area contributed by atoms with Crippen LogP contribution in [0.15, 0.2) is 194 Å². The van der Waals surface area contributed by atoms with Gasteiger partial charge in [0.25, 0.3) is 0 Å². The normalized spacial score (nSPS) is 11.3. The molecule has 0 aliphatic carbocycles. The van der Waals surface area contributed by atoms with Gasteiger partial charge < -0.3 is 9.47 Å². The van der Waals surface area contributed by atoms with Crippen molar-refractivity contribution in [1.82, 2.24) is 4.57 Å². The average Bonchev–Trinajstić information content (AvgIpc) is 3.74. The highest BCUT2D eigenvalue weighted by molar-refractivity contribution is 7.23. The molecule has 232 valence electrons. The van der Waals surface area contributed by atoms with Gasteiger partial charge in [0.2, 0.25) is 0 Å². The Morgan fingerprint density at radius 3 is 1.45 bits per heavy atom. The Morgan fingerprint density at radius 1 is 0.367 bits per heavy atom. The van der Waals surface area contributed by atoms with Crippen LogP contribution < -0.4 is 4.90 Å². The van der Waals surface area contributed by atoms with E-state index in [-0.39, 0.29) is 0 Å². The molecule has 49 heavy (non-hydrogen) atoms. The summed E-state index contributed by atoms with van der Waals surface area (Å²) in [4.78, 5) is 3.60. The first-order chi connectivity index (χ1) is 24.3. The van der Waals surface area contributed by atoms with Crippen molar-refractivity contribution >= 4 is 49.5 Å². The Hall–Kier alpha value is -6.16. The molecule has 0 unspecified atom stereocenters. The van der Waals surface area contributed by atoms with Crippen molar-refractivity contribution in [3.8, 4) is 38.4 Å². The van der Waals surface area contributed by atoms with Crippen LogP contribution >= 0.6 is 11.3 Å². The molecule has 0 saturated heterocycles. The summed E-state index contributed by atoms with van der Waals surface area (Å²) < 4.78 is 3.71. The fourth-order valence-corrected chi connectivity index (χ4v) is 8.00. The van der Waals surface area contributed by atoms with Crippen LogP contribution in [0.5, 0.6) is 0 Å². The van der Waals surface area contributed by atoms with Crippen LogP contribution in [-0.4, -0.2) is 4.57 Å². The summed E-state index contributed by atoms with van der Waals surface area (Å²) >= 11 is 1.87. The van der Waals surface area contributed by atoms with E-state index in [1.807, 2.05) is 11.3 Å². The molecule has 9 aromatic rings. The average molecular weight is 645 g/mol. The van der Waals surface area contributed by atoms with Gasteiger partial charge in [0.05, 0.1) is 15.7 Å². The van der Waals surface area contributed by atoms with Crippen molar-refractivity contribution in [3.63, 3.8) is 0 Å². The predicted molar refractivity (Wildman–Crippen MR) is 210 cm³/mol. The van der Waals surface area contributed by atoms with Crippen molar-refractivity contribution < 1.29 is 0 Å². The summed E-state index contributed by atoms with van der Waals surface area (Å²) in [5, 5.41) is 1.28. The Morgan fingerprint density at radius 2 is 0.837 bits per heavy atom. The van der Waals surface area contributed by atoms with E-state index in [9.17, 15) is 0 Å². The molecule has 2 heterocycles. The molecule has 0 N–H and O–H groups in total. The highest BCUT2D eigenvalue weighted by Crippen LogP contribution is 2.43. The molecule has 2 aromatic heterocycles. The van der Waals surface area contributed by atoms with Gasteiger partial charge in [-0.2, -0.15) is 0 Å². The van der Waals surface area contributed by atoms with Crippen LogP contribution in [0.25, 0.3) is 59.5 Å². The van der Waals surface area contributed by atoms with Crippen LogP contribution in [0.3, 0.4) is 0 Å². The van der Waals surface area contributed by atoms with Crippen molar-refractivity contribution in [3.05, 3.63) is 194 Å². The molecular weight excluding hydrogens is 613 g/mol. The molecule has 0 bridgehead atoms. The Balaban J connectivity index is 1.11. The Labute approximate surface area is 290 Å². The number of rotatable bonds is 7. The number of hydrogen-bond acceptors (Lipinski definition) is 2. The molecule has 9 rings (SSSR count). The van der Waals surface area contributed by atoms with Crippen LogP contribution in [-0.2, 0) is 0 Å². The largest absolute Gasteiger partial charge is 0.311 e. The fourth-order valence-electron chi connectivity index (χ4n) is 6.82. The summed E-state index contributed by atoms with van der Waals surface area (Å²) in [5.74, 6) is 0. The van der Waals surface area contributed by atoms with E-state index in [2.05, 4.69) is 204 Å². The molecule has 0 radical (unpaired) electrons. The quantitative estimate of drug-likeness (QED) is 0.168. The minimum absolute atomic E-state index is 1.12. The molecule has 0 atom stereocenters. The molecule has 0 fully saturated rings. The van der Waals surface area contributed by atoms with Crippen LogP contribution in [0.1, 0.15) is 0 Å². The fraction of sp³-hybridized carbons (Fsp3) is 0. The van der Waals surface area contributed by atoms with Gasteiger partial charge in [0.1, 0.15) is 0 Å². The van der Waals surface area contributed by atoms with Gasteiger partial charge in [-0.3, -0.25) is 0 Å². The summed E-state index contributed by atoms with van der Waals surface area (Å²) in [6, 6.07) is 69.6. The van der Waals surface area contributed by atoms with Crippen molar-refractivity contribution in [2.45, 2.75) is 0 Å². The second-order valence-corrected chi connectivity index (χ2v) is 13.3. The van der Waals surface area contributed by atoms with Crippen LogP contribution in [0, 0.1) is 0 Å². The summed E-state index contributed by atoms with van der Waals surface area (Å²) in [7, 11) is 0. The lowest BCUT2D eigenvalue weighted by Gasteiger charge is -2.26. The summed E-state index contributed by atoms with van der Waals surface area (Å²) in [6.07, 6.45) is 0. The van der Waals surface area contributed by atoms with E-state index in [0.717, 1.165) is 17.1 Å². The van der Waals surface area contributed by atoms with Gasteiger partial charge in [-0.25, -0.2) is 0 Å². The molecule has 0 aliphatic heterocycles. The van der Waals surface area contributed by atoms with Crippen molar-refractivity contribution in [2.24, 2.45) is 0 Å². The number of benzene rings is 7. The first kappa shape index (κ1) is 29.0. The van der Waals surface area contributed by atoms with Crippen molar-refractivity contribution in [2.75, 3.05) is 4.90 Å². The maximum Gasteiger partial charge on any atom is 0.0655 e. The SMILES string of the molecule is c1ccc(-c2ccc(N(c3ccccc3)c3ccc(-c4ccc5c(c4)c4sc(-c6ccccc6)cc4n5-c4ccccc4)cc3)cc2)cc1. The third-order valence-corrected chi connectivity index (χ3v) is 10.4. The van der Waals surface area contributed by atoms with E-state index in [1.54, 1.807) is 0 Å². The Bertz CT molecular complexity index is 2500. The molecule has 3 heteroatoms. The molecule has 0 aliphatic rings. The number of thiophene rings is 1. The van der Waals surface area contributed by atoms with E-state index in [1.165, 1.54) is 59.5 Å². The standard InChI is InChI=1S/C46H32N2S/c1-5-13-33(14-6-1)34-21-26-40(27-22-34)47(38-17-9-3-10-18-38)41-28-23-35(24-29-41)37-25-30-43-42(31-37)46-44(48(43)39-19-11-4-12-20-39)32-45(49-46)36-15-7-2-8-16-36/h1-32H. The number of hydrogen-bond donors (Lipinski definition) is 0. The van der Waals surface area contributed by atoms with Gasteiger partial charge in [-0.15, -0.1) is 11.3 Å². The third-order valence-electron chi connectivity index (χ3n) is 9.21. The van der Waals surface area contributed by atoms with Crippen LogP contribution in [0.2, 0.25) is 0 Å². The van der Waals surface area contributed by atoms with Crippen LogP contribution in [0.4, 0.5) is 17.1 Å². The summed E-state index contributed by atoms with van der Waals surface area (Å²) in [6.45, 7) is 0. The zero-order valence-corrected chi connectivity index (χ0v) is 27.6. The Kier molecular flexibility index (Phi) is 7.38. The van der Waals surface area contributed by atoms with E-state index < -0.39 is 0 Å². The van der Waals surface area contributed by atoms with Crippen molar-refractivity contribution in [1.29, 1.82) is 0 Å². The number of aromatic nitrogens is 1. The zero-order chi connectivity index (χ0) is 32.6. The smallest absolute Gasteiger partial charge is 0.0655 e. The second kappa shape index (κ2) is 12.5. The number of fused-ring (bicyclic) bond motifs is 3. The molecule has 7 aromatic carbocycles. The molecule has 0 amide bonds. The summed E-state index contributed by atoms with van der Waals surface area (Å²) in [5.41, 5.74) is 13.1. The first-order valence-corrected chi connectivity index (χ1v) is 17.4. The van der Waals surface area contributed by atoms with Gasteiger partial charge >= 0.3 is 0 Å². The highest BCUT2D eigenvalue weighted by atomic mass is 32.1. The monoisotopic (exact) mass is 644 g/mol. The zero-order valence-electron chi connectivity index (χ0n) is 26.8. The highest BCUT2D eigenvalue weighted by Gasteiger charge is 2.18. The molecular formula is C46H32N2S. The maximum absolute atomic E-state index is 2.40. The second-order valence-electron chi connectivity index (χ2n) is 12.2. The van der Waals surface area contributed by atoms with E-state index in [0.29, 0.717) is 0 Å². The van der Waals surface area contributed by atoms with Gasteiger partial charge in [0, 0.05) is 33.0 Å². The van der Waals surface area contributed by atoms with Gasteiger partial charge in [-0.05, 0) is 94.5 Å². The van der Waals surface area contributed by atoms with E-state index >= 15 is 0 Å². The number of anilines is 3. The van der Waals surface area contributed by atoms with E-state index in [4.69, 9.17) is 0 Å². The third kappa shape index (κ3) is 5.41. The first-order valence-electron chi connectivity index (χ1n) is 16.6. The minimum atomic E-state index is 1.12. The topological polar surface area (TPSA) is 8.17 Å².